The lowest BCUT2D eigenvalue weighted by atomic mass is 9.72. The van der Waals surface area contributed by atoms with Crippen molar-refractivity contribution in [3.8, 4) is 0 Å². The van der Waals surface area contributed by atoms with E-state index in [0.29, 0.717) is 5.92 Å². The lowest BCUT2D eigenvalue weighted by Gasteiger charge is -2.32. The molecule has 0 aliphatic heterocycles. The third kappa shape index (κ3) is 2.68. The lowest BCUT2D eigenvalue weighted by molar-refractivity contribution is -0.144. The van der Waals surface area contributed by atoms with Gasteiger partial charge in [0.15, 0.2) is 0 Å². The Kier molecular flexibility index (Phi) is 3.51. The van der Waals surface area contributed by atoms with Gasteiger partial charge in [0, 0.05) is 0 Å². The molecular formula is C15H20O2. The number of hydrogen-bond acceptors (Lipinski definition) is 1. The van der Waals surface area contributed by atoms with E-state index in [9.17, 15) is 4.79 Å². The normalized spacial score (nSPS) is 28.9. The summed E-state index contributed by atoms with van der Waals surface area (Å²) in [6, 6.07) is 8.61. The van der Waals surface area contributed by atoms with E-state index in [1.807, 2.05) is 0 Å². The molecule has 0 saturated heterocycles. The van der Waals surface area contributed by atoms with Gasteiger partial charge in [0.1, 0.15) is 0 Å². The Hall–Kier alpha value is -1.31. The number of benzene rings is 1. The van der Waals surface area contributed by atoms with E-state index in [1.54, 1.807) is 0 Å². The molecule has 1 fully saturated rings. The van der Waals surface area contributed by atoms with E-state index in [1.165, 1.54) is 11.1 Å². The maximum atomic E-state index is 11.1. The highest BCUT2D eigenvalue weighted by atomic mass is 16.4. The van der Waals surface area contributed by atoms with E-state index in [-0.39, 0.29) is 11.8 Å². The summed E-state index contributed by atoms with van der Waals surface area (Å²) >= 11 is 0. The summed E-state index contributed by atoms with van der Waals surface area (Å²) in [5.74, 6) is 0.0588. The zero-order valence-corrected chi connectivity index (χ0v) is 10.5. The van der Waals surface area contributed by atoms with Crippen LogP contribution in [0.25, 0.3) is 0 Å². The monoisotopic (exact) mass is 232 g/mol. The Morgan fingerprint density at radius 3 is 2.71 bits per heavy atom. The Morgan fingerprint density at radius 1 is 1.35 bits per heavy atom. The highest BCUT2D eigenvalue weighted by Gasteiger charge is 2.32. The molecule has 1 N–H and O–H groups in total. The van der Waals surface area contributed by atoms with Crippen molar-refractivity contribution in [2.45, 2.75) is 39.0 Å². The van der Waals surface area contributed by atoms with Crippen LogP contribution in [0.1, 0.15) is 43.2 Å². The van der Waals surface area contributed by atoms with E-state index in [0.717, 1.165) is 19.3 Å². The van der Waals surface area contributed by atoms with E-state index in [4.69, 9.17) is 5.11 Å². The Labute approximate surface area is 103 Å². The van der Waals surface area contributed by atoms with E-state index >= 15 is 0 Å². The molecule has 2 nitrogen and oxygen atoms in total. The molecule has 1 aromatic rings. The van der Waals surface area contributed by atoms with Crippen molar-refractivity contribution in [1.82, 2.24) is 0 Å². The first-order valence-electron chi connectivity index (χ1n) is 6.37. The fraction of sp³-hybridized carbons (Fsp3) is 0.533. The van der Waals surface area contributed by atoms with Gasteiger partial charge in [-0.1, -0.05) is 36.8 Å². The number of aryl methyl sites for hydroxylation is 1. The summed E-state index contributed by atoms with van der Waals surface area (Å²) in [6.45, 7) is 4.18. The molecule has 0 bridgehead atoms. The van der Waals surface area contributed by atoms with Crippen LogP contribution in [-0.4, -0.2) is 11.1 Å². The van der Waals surface area contributed by atoms with Crippen LogP contribution in [0, 0.1) is 18.8 Å². The number of rotatable bonds is 2. The SMILES string of the molecule is Cc1cccc([C@H]2CC[C@@H](C(=O)O)[C@@H](C)C2)c1. The fourth-order valence-corrected chi connectivity index (χ4v) is 2.99. The molecule has 17 heavy (non-hydrogen) atoms. The van der Waals surface area contributed by atoms with Crippen LogP contribution < -0.4 is 0 Å². The van der Waals surface area contributed by atoms with E-state index < -0.39 is 5.97 Å². The molecule has 92 valence electrons. The highest BCUT2D eigenvalue weighted by Crippen LogP contribution is 2.39. The van der Waals surface area contributed by atoms with Crippen LogP contribution >= 0.6 is 0 Å². The zero-order chi connectivity index (χ0) is 12.4. The van der Waals surface area contributed by atoms with Gasteiger partial charge >= 0.3 is 5.97 Å². The van der Waals surface area contributed by atoms with Gasteiger partial charge < -0.3 is 5.11 Å². The molecule has 0 heterocycles. The Morgan fingerprint density at radius 2 is 2.12 bits per heavy atom. The van der Waals surface area contributed by atoms with Crippen molar-refractivity contribution in [3.05, 3.63) is 35.4 Å². The average Bonchev–Trinajstić information content (AvgIpc) is 2.28. The van der Waals surface area contributed by atoms with Crippen LogP contribution in [0.5, 0.6) is 0 Å². The van der Waals surface area contributed by atoms with Crippen molar-refractivity contribution in [1.29, 1.82) is 0 Å². The Balaban J connectivity index is 2.09. The minimum absolute atomic E-state index is 0.143. The van der Waals surface area contributed by atoms with Gasteiger partial charge in [0.2, 0.25) is 0 Å². The van der Waals surface area contributed by atoms with Gasteiger partial charge in [-0.3, -0.25) is 4.79 Å². The molecular weight excluding hydrogens is 212 g/mol. The summed E-state index contributed by atoms with van der Waals surface area (Å²) in [6.07, 6.45) is 2.82. The molecule has 1 aliphatic rings. The third-order valence-corrected chi connectivity index (χ3v) is 4.00. The highest BCUT2D eigenvalue weighted by molar-refractivity contribution is 5.70. The molecule has 0 radical (unpaired) electrons. The first-order valence-corrected chi connectivity index (χ1v) is 6.37. The minimum Gasteiger partial charge on any atom is -0.481 e. The summed E-state index contributed by atoms with van der Waals surface area (Å²) in [5, 5.41) is 9.11. The molecule has 1 aromatic carbocycles. The smallest absolute Gasteiger partial charge is 0.306 e. The van der Waals surface area contributed by atoms with Gasteiger partial charge in [0.25, 0.3) is 0 Å². The average molecular weight is 232 g/mol. The molecule has 1 saturated carbocycles. The maximum absolute atomic E-state index is 11.1. The molecule has 0 unspecified atom stereocenters. The molecule has 2 rings (SSSR count). The number of aliphatic carboxylic acids is 1. The second-order valence-electron chi connectivity index (χ2n) is 5.35. The van der Waals surface area contributed by atoms with Gasteiger partial charge in [-0.2, -0.15) is 0 Å². The first-order chi connectivity index (χ1) is 8.08. The van der Waals surface area contributed by atoms with Gasteiger partial charge in [-0.05, 0) is 43.6 Å². The van der Waals surface area contributed by atoms with Crippen molar-refractivity contribution >= 4 is 5.97 Å². The predicted molar refractivity (Wildman–Crippen MR) is 68.1 cm³/mol. The topological polar surface area (TPSA) is 37.3 Å². The number of hydrogen-bond donors (Lipinski definition) is 1. The maximum Gasteiger partial charge on any atom is 0.306 e. The standard InChI is InChI=1S/C15H20O2/c1-10-4-3-5-12(8-10)13-6-7-14(15(16)17)11(2)9-13/h3-5,8,11,13-14H,6-7,9H2,1-2H3,(H,16,17)/t11-,13-,14+/m0/s1. The lowest BCUT2D eigenvalue weighted by Crippen LogP contribution is -2.28. The fourth-order valence-electron chi connectivity index (χ4n) is 2.99. The van der Waals surface area contributed by atoms with Crippen LogP contribution in [-0.2, 0) is 4.79 Å². The second-order valence-corrected chi connectivity index (χ2v) is 5.35. The predicted octanol–water partition coefficient (Wildman–Crippen LogP) is 3.60. The van der Waals surface area contributed by atoms with Crippen LogP contribution in [0.4, 0.5) is 0 Å². The van der Waals surface area contributed by atoms with Crippen molar-refractivity contribution in [2.75, 3.05) is 0 Å². The van der Waals surface area contributed by atoms with Gasteiger partial charge in [0.05, 0.1) is 5.92 Å². The minimum atomic E-state index is -0.625. The van der Waals surface area contributed by atoms with Gasteiger partial charge in [-0.15, -0.1) is 0 Å². The van der Waals surface area contributed by atoms with Crippen LogP contribution in [0.15, 0.2) is 24.3 Å². The molecule has 0 aromatic heterocycles. The summed E-state index contributed by atoms with van der Waals surface area (Å²) in [7, 11) is 0. The molecule has 0 spiro atoms. The summed E-state index contributed by atoms with van der Waals surface area (Å²) in [5.41, 5.74) is 2.66. The quantitative estimate of drug-likeness (QED) is 0.846. The number of carboxylic acids is 1. The number of carbonyl (C=O) groups is 1. The summed E-state index contributed by atoms with van der Waals surface area (Å²) in [4.78, 5) is 11.1. The summed E-state index contributed by atoms with van der Waals surface area (Å²) < 4.78 is 0. The molecule has 0 amide bonds. The van der Waals surface area contributed by atoms with Crippen LogP contribution in [0.2, 0.25) is 0 Å². The second kappa shape index (κ2) is 4.91. The largest absolute Gasteiger partial charge is 0.481 e. The number of carboxylic acid groups (broad SMARTS) is 1. The third-order valence-electron chi connectivity index (χ3n) is 4.00. The molecule has 1 aliphatic carbocycles. The Bertz CT molecular complexity index is 411. The zero-order valence-electron chi connectivity index (χ0n) is 10.5. The molecule has 2 heteroatoms. The van der Waals surface area contributed by atoms with Crippen molar-refractivity contribution in [2.24, 2.45) is 11.8 Å². The first kappa shape index (κ1) is 12.2. The van der Waals surface area contributed by atoms with Crippen molar-refractivity contribution < 1.29 is 9.90 Å². The van der Waals surface area contributed by atoms with Crippen molar-refractivity contribution in [3.63, 3.8) is 0 Å². The molecule has 3 atom stereocenters. The van der Waals surface area contributed by atoms with E-state index in [2.05, 4.69) is 38.1 Å². The van der Waals surface area contributed by atoms with Gasteiger partial charge in [-0.25, -0.2) is 0 Å². The van der Waals surface area contributed by atoms with Crippen LogP contribution in [0.3, 0.4) is 0 Å².